The van der Waals surface area contributed by atoms with E-state index in [-0.39, 0.29) is 6.10 Å². The zero-order valence-electron chi connectivity index (χ0n) is 16.1. The van der Waals surface area contributed by atoms with E-state index in [0.717, 1.165) is 29.5 Å². The number of aliphatic imine (C=N–C) groups is 1. The monoisotopic (exact) mass is 377 g/mol. The van der Waals surface area contributed by atoms with Crippen molar-refractivity contribution >= 4 is 17.6 Å². The molecule has 2 N–H and O–H groups in total. The van der Waals surface area contributed by atoms with Gasteiger partial charge >= 0.3 is 0 Å². The third-order valence-electron chi connectivity index (χ3n) is 4.12. The number of aromatic nitrogens is 2. The molecule has 2 aromatic rings. The fourth-order valence-electron chi connectivity index (χ4n) is 2.59. The number of hydrogen-bond acceptors (Lipinski definition) is 3. The van der Waals surface area contributed by atoms with E-state index in [2.05, 4.69) is 27.6 Å². The molecule has 0 saturated heterocycles. The van der Waals surface area contributed by atoms with Crippen molar-refractivity contribution in [2.75, 3.05) is 13.1 Å². The molecule has 1 heterocycles. The molecule has 1 aromatic carbocycles. The van der Waals surface area contributed by atoms with Crippen LogP contribution in [0, 0.1) is 13.8 Å². The lowest BCUT2D eigenvalue weighted by atomic mass is 10.2. The van der Waals surface area contributed by atoms with Crippen molar-refractivity contribution in [3.8, 4) is 5.75 Å². The molecule has 0 aliphatic carbocycles. The average molecular weight is 378 g/mol. The van der Waals surface area contributed by atoms with Gasteiger partial charge in [0.2, 0.25) is 0 Å². The molecular formula is C19H28ClN5O. The van der Waals surface area contributed by atoms with Crippen molar-refractivity contribution in [1.29, 1.82) is 0 Å². The molecule has 0 saturated carbocycles. The number of halogens is 1. The molecule has 1 atom stereocenters. The summed E-state index contributed by atoms with van der Waals surface area (Å²) in [5.74, 6) is 1.44. The largest absolute Gasteiger partial charge is 0.487 e. The van der Waals surface area contributed by atoms with Crippen LogP contribution in [0.3, 0.4) is 0 Å². The molecule has 0 aliphatic heterocycles. The summed E-state index contributed by atoms with van der Waals surface area (Å²) in [6.45, 7) is 10.1. The van der Waals surface area contributed by atoms with Gasteiger partial charge in [-0.1, -0.05) is 23.7 Å². The first-order valence-corrected chi connectivity index (χ1v) is 9.22. The minimum atomic E-state index is -0.0550. The minimum Gasteiger partial charge on any atom is -0.487 e. The topological polar surface area (TPSA) is 63.5 Å². The molecular weight excluding hydrogens is 350 g/mol. The van der Waals surface area contributed by atoms with Gasteiger partial charge in [-0.15, -0.1) is 0 Å². The normalized spacial score (nSPS) is 12.8. The number of para-hydroxylation sites is 1. The molecule has 1 unspecified atom stereocenters. The summed E-state index contributed by atoms with van der Waals surface area (Å²) in [7, 11) is 1.95. The Labute approximate surface area is 160 Å². The van der Waals surface area contributed by atoms with E-state index in [9.17, 15) is 0 Å². The van der Waals surface area contributed by atoms with Crippen LogP contribution in [0.1, 0.15) is 30.8 Å². The molecule has 142 valence electrons. The van der Waals surface area contributed by atoms with Crippen molar-refractivity contribution in [2.45, 2.75) is 40.3 Å². The van der Waals surface area contributed by atoms with Crippen LogP contribution in [-0.2, 0) is 13.6 Å². The second-order valence-electron chi connectivity index (χ2n) is 6.21. The molecule has 1 aromatic heterocycles. The Bertz CT molecular complexity index is 756. The van der Waals surface area contributed by atoms with Gasteiger partial charge in [0.05, 0.1) is 23.8 Å². The number of ether oxygens (including phenoxy) is 1. The number of nitrogens with zero attached hydrogens (tertiary/aromatic N) is 3. The van der Waals surface area contributed by atoms with Crippen molar-refractivity contribution in [2.24, 2.45) is 12.0 Å². The predicted molar refractivity (Wildman–Crippen MR) is 107 cm³/mol. The van der Waals surface area contributed by atoms with Gasteiger partial charge < -0.3 is 15.4 Å². The lowest BCUT2D eigenvalue weighted by Crippen LogP contribution is -2.41. The summed E-state index contributed by atoms with van der Waals surface area (Å²) >= 11 is 6.14. The second-order valence-corrected chi connectivity index (χ2v) is 6.62. The maximum atomic E-state index is 6.14. The maximum absolute atomic E-state index is 6.14. The Morgan fingerprint density at radius 1 is 1.31 bits per heavy atom. The van der Waals surface area contributed by atoms with E-state index in [1.54, 1.807) is 0 Å². The number of benzene rings is 1. The van der Waals surface area contributed by atoms with Crippen molar-refractivity contribution in [1.82, 2.24) is 20.4 Å². The zero-order valence-corrected chi connectivity index (χ0v) is 16.9. The molecule has 0 bridgehead atoms. The summed E-state index contributed by atoms with van der Waals surface area (Å²) in [6, 6.07) is 7.48. The third kappa shape index (κ3) is 5.39. The first kappa shape index (κ1) is 20.1. The fraction of sp³-hybridized carbons (Fsp3) is 0.474. The summed E-state index contributed by atoms with van der Waals surface area (Å²) in [4.78, 5) is 4.67. The van der Waals surface area contributed by atoms with Crippen molar-refractivity contribution in [3.63, 3.8) is 0 Å². The van der Waals surface area contributed by atoms with Gasteiger partial charge in [0.25, 0.3) is 0 Å². The molecule has 0 spiro atoms. The SMILES string of the molecule is CCNC(=NCc1c(C)nn(C)c1C)NCC(C)Oc1ccccc1Cl. The van der Waals surface area contributed by atoms with E-state index in [0.29, 0.717) is 23.9 Å². The van der Waals surface area contributed by atoms with Gasteiger partial charge in [-0.3, -0.25) is 4.68 Å². The minimum absolute atomic E-state index is 0.0550. The number of hydrogen-bond donors (Lipinski definition) is 2. The first-order chi connectivity index (χ1) is 12.4. The first-order valence-electron chi connectivity index (χ1n) is 8.84. The molecule has 0 aliphatic rings. The Balaban J connectivity index is 1.95. The zero-order chi connectivity index (χ0) is 19.1. The average Bonchev–Trinajstić information content (AvgIpc) is 2.85. The smallest absolute Gasteiger partial charge is 0.191 e. The van der Waals surface area contributed by atoms with E-state index < -0.39 is 0 Å². The highest BCUT2D eigenvalue weighted by atomic mass is 35.5. The Morgan fingerprint density at radius 2 is 2.04 bits per heavy atom. The van der Waals surface area contributed by atoms with E-state index in [1.165, 1.54) is 0 Å². The molecule has 0 fully saturated rings. The van der Waals surface area contributed by atoms with Gasteiger partial charge in [0.15, 0.2) is 5.96 Å². The van der Waals surface area contributed by atoms with Gasteiger partial charge in [-0.2, -0.15) is 5.10 Å². The maximum Gasteiger partial charge on any atom is 0.191 e. The Kier molecular flexibility index (Phi) is 7.33. The van der Waals surface area contributed by atoms with E-state index >= 15 is 0 Å². The molecule has 0 radical (unpaired) electrons. The summed E-state index contributed by atoms with van der Waals surface area (Å²) in [6.07, 6.45) is -0.0550. The molecule has 7 heteroatoms. The highest BCUT2D eigenvalue weighted by Gasteiger charge is 2.10. The standard InChI is InChI=1S/C19H28ClN5O/c1-6-21-19(23-12-16-14(3)24-25(5)15(16)4)22-11-13(2)26-18-10-8-7-9-17(18)20/h7-10,13H,6,11-12H2,1-5H3,(H2,21,22,23). The summed E-state index contributed by atoms with van der Waals surface area (Å²) in [5, 5.41) is 11.6. The van der Waals surface area contributed by atoms with Gasteiger partial charge in [0, 0.05) is 24.8 Å². The number of guanidine groups is 1. The molecule has 2 rings (SSSR count). The molecule has 6 nitrogen and oxygen atoms in total. The highest BCUT2D eigenvalue weighted by molar-refractivity contribution is 6.32. The molecule has 26 heavy (non-hydrogen) atoms. The van der Waals surface area contributed by atoms with Gasteiger partial charge in [-0.05, 0) is 39.8 Å². The van der Waals surface area contributed by atoms with Gasteiger partial charge in [0.1, 0.15) is 11.9 Å². The van der Waals surface area contributed by atoms with Crippen molar-refractivity contribution < 1.29 is 4.74 Å². The van der Waals surface area contributed by atoms with Crippen LogP contribution in [0.5, 0.6) is 5.75 Å². The van der Waals surface area contributed by atoms with Crippen LogP contribution in [0.2, 0.25) is 5.02 Å². The third-order valence-corrected chi connectivity index (χ3v) is 4.43. The highest BCUT2D eigenvalue weighted by Crippen LogP contribution is 2.24. The van der Waals surface area contributed by atoms with Gasteiger partial charge in [-0.25, -0.2) is 4.99 Å². The number of rotatable bonds is 7. The lowest BCUT2D eigenvalue weighted by Gasteiger charge is -2.18. The van der Waals surface area contributed by atoms with Crippen LogP contribution in [0.15, 0.2) is 29.3 Å². The number of aryl methyl sites for hydroxylation is 2. The summed E-state index contributed by atoms with van der Waals surface area (Å²) in [5.41, 5.74) is 3.31. The van der Waals surface area contributed by atoms with Crippen LogP contribution in [0.4, 0.5) is 0 Å². The van der Waals surface area contributed by atoms with Crippen LogP contribution in [-0.4, -0.2) is 34.9 Å². The lowest BCUT2D eigenvalue weighted by molar-refractivity contribution is 0.224. The Morgan fingerprint density at radius 3 is 2.65 bits per heavy atom. The quantitative estimate of drug-likeness (QED) is 0.574. The fourth-order valence-corrected chi connectivity index (χ4v) is 2.77. The van der Waals surface area contributed by atoms with Crippen LogP contribution in [0.25, 0.3) is 0 Å². The van der Waals surface area contributed by atoms with Crippen molar-refractivity contribution in [3.05, 3.63) is 46.2 Å². The van der Waals surface area contributed by atoms with E-state index in [1.807, 2.05) is 56.8 Å². The Hall–Kier alpha value is -2.21. The molecule has 0 amide bonds. The second kappa shape index (κ2) is 9.48. The number of nitrogens with one attached hydrogen (secondary N) is 2. The summed E-state index contributed by atoms with van der Waals surface area (Å²) < 4.78 is 7.78. The van der Waals surface area contributed by atoms with E-state index in [4.69, 9.17) is 16.3 Å². The predicted octanol–water partition coefficient (Wildman–Crippen LogP) is 3.21. The van der Waals surface area contributed by atoms with Crippen LogP contribution >= 0.6 is 11.6 Å². The van der Waals surface area contributed by atoms with Crippen LogP contribution < -0.4 is 15.4 Å².